The van der Waals surface area contributed by atoms with Gasteiger partial charge in [0.2, 0.25) is 0 Å². The lowest BCUT2D eigenvalue weighted by molar-refractivity contribution is 0.0500. The molecular formula is C18H26N2OS. The van der Waals surface area contributed by atoms with Crippen molar-refractivity contribution in [2.45, 2.75) is 51.4 Å². The normalized spacial score (nSPS) is 24.3. The molecule has 0 radical (unpaired) electrons. The van der Waals surface area contributed by atoms with Crippen molar-refractivity contribution >= 4 is 17.2 Å². The maximum atomic E-state index is 12.8. The van der Waals surface area contributed by atoms with E-state index in [9.17, 15) is 4.79 Å². The number of amides is 1. The SMILES string of the molecule is O=C(c1cc2c(s1)CCCC2)N1CCC2(CCNCC2)CC1. The Morgan fingerprint density at radius 3 is 2.55 bits per heavy atom. The number of piperidine rings is 2. The van der Waals surface area contributed by atoms with Gasteiger partial charge in [-0.25, -0.2) is 0 Å². The van der Waals surface area contributed by atoms with Crippen molar-refractivity contribution in [1.82, 2.24) is 10.2 Å². The summed E-state index contributed by atoms with van der Waals surface area (Å²) in [6.45, 7) is 4.24. The second-order valence-corrected chi connectivity index (χ2v) is 8.45. The van der Waals surface area contributed by atoms with Gasteiger partial charge in [0.05, 0.1) is 4.88 Å². The van der Waals surface area contributed by atoms with Crippen LogP contribution in [-0.2, 0) is 12.8 Å². The summed E-state index contributed by atoms with van der Waals surface area (Å²) in [5, 5.41) is 3.47. The number of hydrogen-bond acceptors (Lipinski definition) is 3. The van der Waals surface area contributed by atoms with E-state index in [2.05, 4.69) is 16.3 Å². The molecular weight excluding hydrogens is 292 g/mol. The van der Waals surface area contributed by atoms with Gasteiger partial charge in [0.25, 0.3) is 5.91 Å². The van der Waals surface area contributed by atoms with Gasteiger partial charge < -0.3 is 10.2 Å². The minimum absolute atomic E-state index is 0.295. The quantitative estimate of drug-likeness (QED) is 0.862. The summed E-state index contributed by atoms with van der Waals surface area (Å²) in [6, 6.07) is 2.19. The van der Waals surface area contributed by atoms with E-state index >= 15 is 0 Å². The van der Waals surface area contributed by atoms with Crippen LogP contribution in [0.5, 0.6) is 0 Å². The molecule has 0 atom stereocenters. The molecule has 0 aromatic carbocycles. The second kappa shape index (κ2) is 5.97. The number of likely N-dealkylation sites (tertiary alicyclic amines) is 1. The van der Waals surface area contributed by atoms with E-state index in [1.807, 2.05) is 0 Å². The van der Waals surface area contributed by atoms with Crippen molar-refractivity contribution < 1.29 is 4.79 Å². The monoisotopic (exact) mass is 318 g/mol. The maximum Gasteiger partial charge on any atom is 0.263 e. The molecule has 0 saturated carbocycles. The zero-order valence-electron chi connectivity index (χ0n) is 13.3. The number of hydrogen-bond donors (Lipinski definition) is 1. The number of thiophene rings is 1. The summed E-state index contributed by atoms with van der Waals surface area (Å²) in [5.74, 6) is 0.295. The van der Waals surface area contributed by atoms with Crippen molar-refractivity contribution in [3.8, 4) is 0 Å². The van der Waals surface area contributed by atoms with Crippen LogP contribution < -0.4 is 5.32 Å². The van der Waals surface area contributed by atoms with E-state index in [1.54, 1.807) is 11.3 Å². The minimum atomic E-state index is 0.295. The Kier molecular flexibility index (Phi) is 3.99. The summed E-state index contributed by atoms with van der Waals surface area (Å²) in [4.78, 5) is 17.4. The molecule has 1 aromatic heterocycles. The third-order valence-electron chi connectivity index (χ3n) is 5.98. The second-order valence-electron chi connectivity index (χ2n) is 7.31. The van der Waals surface area contributed by atoms with Gasteiger partial charge in [-0.1, -0.05) is 0 Å². The number of aryl methyl sites for hydroxylation is 2. The van der Waals surface area contributed by atoms with E-state index in [0.29, 0.717) is 11.3 Å². The highest BCUT2D eigenvalue weighted by molar-refractivity contribution is 7.14. The van der Waals surface area contributed by atoms with Crippen LogP contribution in [0.15, 0.2) is 6.07 Å². The van der Waals surface area contributed by atoms with Crippen LogP contribution in [0, 0.1) is 5.41 Å². The smallest absolute Gasteiger partial charge is 0.263 e. The predicted octanol–water partition coefficient (Wildman–Crippen LogP) is 3.23. The van der Waals surface area contributed by atoms with Gasteiger partial charge in [0.15, 0.2) is 0 Å². The Labute approximate surface area is 137 Å². The first-order chi connectivity index (χ1) is 10.8. The molecule has 1 aromatic rings. The zero-order valence-corrected chi connectivity index (χ0v) is 14.1. The number of fused-ring (bicyclic) bond motifs is 1. The third kappa shape index (κ3) is 2.71. The summed E-state index contributed by atoms with van der Waals surface area (Å²) in [7, 11) is 0. The van der Waals surface area contributed by atoms with Gasteiger partial charge in [0, 0.05) is 18.0 Å². The van der Waals surface area contributed by atoms with E-state index in [1.165, 1.54) is 61.8 Å². The maximum absolute atomic E-state index is 12.8. The van der Waals surface area contributed by atoms with Gasteiger partial charge in [-0.3, -0.25) is 4.79 Å². The third-order valence-corrected chi connectivity index (χ3v) is 7.21. The van der Waals surface area contributed by atoms with Gasteiger partial charge >= 0.3 is 0 Å². The molecule has 3 heterocycles. The topological polar surface area (TPSA) is 32.3 Å². The average molecular weight is 318 g/mol. The molecule has 2 aliphatic heterocycles. The molecule has 120 valence electrons. The van der Waals surface area contributed by atoms with Crippen molar-refractivity contribution in [1.29, 1.82) is 0 Å². The lowest BCUT2D eigenvalue weighted by Gasteiger charge is -2.44. The molecule has 2 saturated heterocycles. The summed E-state index contributed by atoms with van der Waals surface area (Å²) < 4.78 is 0. The summed E-state index contributed by atoms with van der Waals surface area (Å²) >= 11 is 1.76. The first kappa shape index (κ1) is 14.7. The van der Waals surface area contributed by atoms with Crippen LogP contribution in [0.1, 0.15) is 58.6 Å². The van der Waals surface area contributed by atoms with Crippen LogP contribution in [0.4, 0.5) is 0 Å². The van der Waals surface area contributed by atoms with Crippen LogP contribution in [0.2, 0.25) is 0 Å². The average Bonchev–Trinajstić information content (AvgIpc) is 3.00. The number of rotatable bonds is 1. The zero-order chi connectivity index (χ0) is 15.0. The molecule has 22 heavy (non-hydrogen) atoms. The first-order valence-electron chi connectivity index (χ1n) is 8.87. The Balaban J connectivity index is 1.42. The Hall–Kier alpha value is -0.870. The molecule has 0 bridgehead atoms. The molecule has 1 aliphatic carbocycles. The summed E-state index contributed by atoms with van der Waals surface area (Å²) in [6.07, 6.45) is 9.93. The number of carbonyl (C=O) groups excluding carboxylic acids is 1. The number of carbonyl (C=O) groups is 1. The Morgan fingerprint density at radius 2 is 1.82 bits per heavy atom. The van der Waals surface area contributed by atoms with E-state index in [0.717, 1.165) is 31.1 Å². The van der Waals surface area contributed by atoms with Gasteiger partial charge in [-0.15, -0.1) is 11.3 Å². The first-order valence-corrected chi connectivity index (χ1v) is 9.69. The van der Waals surface area contributed by atoms with Crippen LogP contribution in [0.25, 0.3) is 0 Å². The highest BCUT2D eigenvalue weighted by Crippen LogP contribution is 2.40. The molecule has 3 nitrogen and oxygen atoms in total. The molecule has 1 spiro atoms. The number of nitrogens with zero attached hydrogens (tertiary/aromatic N) is 1. The van der Waals surface area contributed by atoms with Crippen LogP contribution in [-0.4, -0.2) is 37.0 Å². The van der Waals surface area contributed by atoms with Crippen LogP contribution in [0.3, 0.4) is 0 Å². The molecule has 4 rings (SSSR count). The van der Waals surface area contributed by atoms with Crippen LogP contribution >= 0.6 is 11.3 Å². The van der Waals surface area contributed by atoms with Crippen molar-refractivity contribution in [2.24, 2.45) is 5.41 Å². The Morgan fingerprint density at radius 1 is 1.09 bits per heavy atom. The van der Waals surface area contributed by atoms with E-state index in [4.69, 9.17) is 0 Å². The summed E-state index contributed by atoms with van der Waals surface area (Å²) in [5.41, 5.74) is 1.97. The molecule has 0 unspecified atom stereocenters. The molecule has 2 fully saturated rings. The minimum Gasteiger partial charge on any atom is -0.338 e. The molecule has 4 heteroatoms. The fourth-order valence-electron chi connectivity index (χ4n) is 4.39. The highest BCUT2D eigenvalue weighted by atomic mass is 32.1. The lowest BCUT2D eigenvalue weighted by atomic mass is 9.71. The fourth-order valence-corrected chi connectivity index (χ4v) is 5.61. The highest BCUT2D eigenvalue weighted by Gasteiger charge is 2.37. The fraction of sp³-hybridized carbons (Fsp3) is 0.722. The van der Waals surface area contributed by atoms with Gasteiger partial charge in [-0.05, 0) is 81.5 Å². The van der Waals surface area contributed by atoms with Gasteiger partial charge in [0.1, 0.15) is 0 Å². The lowest BCUT2D eigenvalue weighted by Crippen LogP contribution is -2.47. The van der Waals surface area contributed by atoms with E-state index in [-0.39, 0.29) is 0 Å². The van der Waals surface area contributed by atoms with Crippen molar-refractivity contribution in [3.05, 3.63) is 21.4 Å². The Bertz CT molecular complexity index is 526. The van der Waals surface area contributed by atoms with Gasteiger partial charge in [-0.2, -0.15) is 0 Å². The molecule has 1 amide bonds. The standard InChI is InChI=1S/C18H26N2OS/c21-17(16-13-14-3-1-2-4-15(14)22-16)20-11-7-18(8-12-20)5-9-19-10-6-18/h13,19H,1-12H2. The largest absolute Gasteiger partial charge is 0.338 e. The predicted molar refractivity (Wildman–Crippen MR) is 90.6 cm³/mol. The number of nitrogens with one attached hydrogen (secondary N) is 1. The van der Waals surface area contributed by atoms with Crippen molar-refractivity contribution in [3.63, 3.8) is 0 Å². The van der Waals surface area contributed by atoms with Crippen molar-refractivity contribution in [2.75, 3.05) is 26.2 Å². The molecule has 1 N–H and O–H groups in total. The molecule has 3 aliphatic rings. The van der Waals surface area contributed by atoms with E-state index < -0.39 is 0 Å².